The number of nitrogens with zero attached hydrogens (tertiary/aromatic N) is 2. The Morgan fingerprint density at radius 3 is 2.65 bits per heavy atom. The molecule has 0 atom stereocenters. The average molecular weight is 265 g/mol. The summed E-state index contributed by atoms with van der Waals surface area (Å²) in [5, 5.41) is 2.93. The average Bonchev–Trinajstić information content (AvgIpc) is 2.84. The van der Waals surface area contributed by atoms with E-state index in [-0.39, 0.29) is 5.91 Å². The zero-order valence-electron chi connectivity index (χ0n) is 11.4. The summed E-state index contributed by atoms with van der Waals surface area (Å²) in [5.41, 5.74) is 4.61. The van der Waals surface area contributed by atoms with Crippen molar-refractivity contribution in [2.45, 2.75) is 13.8 Å². The number of anilines is 1. The van der Waals surface area contributed by atoms with Crippen LogP contribution in [0.3, 0.4) is 0 Å². The highest BCUT2D eigenvalue weighted by Crippen LogP contribution is 2.15. The van der Waals surface area contributed by atoms with Gasteiger partial charge in [-0.25, -0.2) is 4.98 Å². The molecule has 0 saturated heterocycles. The maximum absolute atomic E-state index is 12.3. The number of imidazole rings is 1. The first-order valence-corrected chi connectivity index (χ1v) is 6.43. The van der Waals surface area contributed by atoms with E-state index in [0.717, 1.165) is 22.3 Å². The van der Waals surface area contributed by atoms with Gasteiger partial charge in [-0.05, 0) is 49.2 Å². The van der Waals surface area contributed by atoms with E-state index in [1.165, 1.54) is 0 Å². The molecule has 1 N–H and O–H groups in total. The van der Waals surface area contributed by atoms with Gasteiger partial charge in [0.1, 0.15) is 0 Å². The van der Waals surface area contributed by atoms with Crippen LogP contribution in [0.4, 0.5) is 5.69 Å². The smallest absolute Gasteiger partial charge is 0.255 e. The Labute approximate surface area is 117 Å². The van der Waals surface area contributed by atoms with Crippen LogP contribution in [-0.2, 0) is 0 Å². The number of aryl methyl sites for hydroxylation is 2. The van der Waals surface area contributed by atoms with Crippen LogP contribution in [0, 0.1) is 13.8 Å². The molecule has 20 heavy (non-hydrogen) atoms. The van der Waals surface area contributed by atoms with Gasteiger partial charge in [-0.2, -0.15) is 0 Å². The molecular formula is C16H15N3O. The van der Waals surface area contributed by atoms with Crippen molar-refractivity contribution in [1.82, 2.24) is 9.38 Å². The Bertz CT molecular complexity index is 769. The van der Waals surface area contributed by atoms with E-state index < -0.39 is 0 Å². The summed E-state index contributed by atoms with van der Waals surface area (Å²) in [6.45, 7) is 4.03. The number of pyridine rings is 1. The van der Waals surface area contributed by atoms with Gasteiger partial charge in [-0.3, -0.25) is 4.79 Å². The molecule has 4 heteroatoms. The molecule has 4 nitrogen and oxygen atoms in total. The van der Waals surface area contributed by atoms with Crippen LogP contribution < -0.4 is 5.32 Å². The molecule has 0 unspecified atom stereocenters. The van der Waals surface area contributed by atoms with E-state index in [1.54, 1.807) is 18.6 Å². The fourth-order valence-electron chi connectivity index (χ4n) is 2.31. The van der Waals surface area contributed by atoms with Crippen LogP contribution in [0.15, 0.2) is 49.1 Å². The predicted octanol–water partition coefficient (Wildman–Crippen LogP) is 3.20. The molecule has 0 aliphatic heterocycles. The first-order valence-electron chi connectivity index (χ1n) is 6.43. The molecule has 2 aromatic heterocycles. The first kappa shape index (κ1) is 12.4. The van der Waals surface area contributed by atoms with Gasteiger partial charge in [0, 0.05) is 17.4 Å². The Hall–Kier alpha value is -2.62. The maximum Gasteiger partial charge on any atom is 0.255 e. The van der Waals surface area contributed by atoms with Crippen molar-refractivity contribution in [3.05, 3.63) is 65.7 Å². The zero-order valence-corrected chi connectivity index (χ0v) is 11.4. The second kappa shape index (κ2) is 4.81. The summed E-state index contributed by atoms with van der Waals surface area (Å²) >= 11 is 0. The third kappa shape index (κ3) is 2.40. The third-order valence-electron chi connectivity index (χ3n) is 3.16. The number of amides is 1. The number of aromatic nitrogens is 2. The molecular weight excluding hydrogens is 250 g/mol. The molecule has 1 amide bonds. The number of benzene rings is 1. The van der Waals surface area contributed by atoms with Gasteiger partial charge in [0.25, 0.3) is 5.91 Å². The summed E-state index contributed by atoms with van der Waals surface area (Å²) in [6.07, 6.45) is 5.27. The minimum absolute atomic E-state index is 0.112. The van der Waals surface area contributed by atoms with Crippen LogP contribution >= 0.6 is 0 Å². The normalized spacial score (nSPS) is 10.7. The molecule has 3 aromatic rings. The number of hydrogen-bond donors (Lipinski definition) is 1. The fraction of sp³-hybridized carbons (Fsp3) is 0.125. The fourth-order valence-corrected chi connectivity index (χ4v) is 2.31. The molecule has 1 aromatic carbocycles. The van der Waals surface area contributed by atoms with E-state index in [9.17, 15) is 4.79 Å². The molecule has 0 fully saturated rings. The van der Waals surface area contributed by atoms with E-state index >= 15 is 0 Å². The highest BCUT2D eigenvalue weighted by atomic mass is 16.1. The number of rotatable bonds is 2. The standard InChI is InChI=1S/C16H15N3O/c1-11-5-12(2)7-14(6-11)18-16(20)13-3-4-19-10-17-9-15(19)8-13/h3-10H,1-2H3,(H,18,20). The van der Waals surface area contributed by atoms with Crippen molar-refractivity contribution >= 4 is 17.1 Å². The Balaban J connectivity index is 1.88. The van der Waals surface area contributed by atoms with E-state index in [2.05, 4.69) is 16.4 Å². The summed E-state index contributed by atoms with van der Waals surface area (Å²) in [5.74, 6) is -0.112. The van der Waals surface area contributed by atoms with Crippen molar-refractivity contribution < 1.29 is 4.79 Å². The summed E-state index contributed by atoms with van der Waals surface area (Å²) in [7, 11) is 0. The lowest BCUT2D eigenvalue weighted by atomic mass is 10.1. The molecule has 0 bridgehead atoms. The van der Waals surface area contributed by atoms with Crippen molar-refractivity contribution in [3.8, 4) is 0 Å². The quantitative estimate of drug-likeness (QED) is 0.773. The summed E-state index contributed by atoms with van der Waals surface area (Å²) in [6, 6.07) is 9.61. The highest BCUT2D eigenvalue weighted by molar-refractivity contribution is 6.04. The van der Waals surface area contributed by atoms with Crippen LogP contribution in [0.5, 0.6) is 0 Å². The molecule has 0 aliphatic carbocycles. The monoisotopic (exact) mass is 265 g/mol. The van der Waals surface area contributed by atoms with Crippen LogP contribution in [0.2, 0.25) is 0 Å². The number of carbonyl (C=O) groups excluding carboxylic acids is 1. The van der Waals surface area contributed by atoms with Gasteiger partial charge in [-0.15, -0.1) is 0 Å². The molecule has 0 radical (unpaired) electrons. The van der Waals surface area contributed by atoms with Crippen LogP contribution in [0.1, 0.15) is 21.5 Å². The lowest BCUT2D eigenvalue weighted by molar-refractivity contribution is 0.102. The zero-order chi connectivity index (χ0) is 14.1. The molecule has 3 rings (SSSR count). The van der Waals surface area contributed by atoms with Gasteiger partial charge < -0.3 is 9.72 Å². The van der Waals surface area contributed by atoms with E-state index in [4.69, 9.17) is 0 Å². The van der Waals surface area contributed by atoms with Gasteiger partial charge >= 0.3 is 0 Å². The van der Waals surface area contributed by atoms with Crippen molar-refractivity contribution in [3.63, 3.8) is 0 Å². The molecule has 0 aliphatic rings. The minimum atomic E-state index is -0.112. The Kier molecular flexibility index (Phi) is 2.99. The van der Waals surface area contributed by atoms with Crippen molar-refractivity contribution in [1.29, 1.82) is 0 Å². The van der Waals surface area contributed by atoms with Crippen LogP contribution in [0.25, 0.3) is 5.52 Å². The summed E-state index contributed by atoms with van der Waals surface area (Å²) in [4.78, 5) is 16.3. The van der Waals surface area contributed by atoms with Crippen LogP contribution in [-0.4, -0.2) is 15.3 Å². The largest absolute Gasteiger partial charge is 0.322 e. The van der Waals surface area contributed by atoms with E-state index in [0.29, 0.717) is 5.56 Å². The number of hydrogen-bond acceptors (Lipinski definition) is 2. The molecule has 100 valence electrons. The summed E-state index contributed by atoms with van der Waals surface area (Å²) < 4.78 is 1.87. The highest BCUT2D eigenvalue weighted by Gasteiger charge is 2.07. The maximum atomic E-state index is 12.3. The minimum Gasteiger partial charge on any atom is -0.322 e. The molecule has 0 spiro atoms. The molecule has 0 saturated carbocycles. The lowest BCUT2D eigenvalue weighted by Gasteiger charge is -2.08. The van der Waals surface area contributed by atoms with Gasteiger partial charge in [0.15, 0.2) is 0 Å². The van der Waals surface area contributed by atoms with Gasteiger partial charge in [0.05, 0.1) is 18.0 Å². The SMILES string of the molecule is Cc1cc(C)cc(NC(=O)c2ccn3cncc3c2)c1. The van der Waals surface area contributed by atoms with E-state index in [1.807, 2.05) is 42.6 Å². The number of nitrogens with one attached hydrogen (secondary N) is 1. The lowest BCUT2D eigenvalue weighted by Crippen LogP contribution is -2.12. The number of carbonyl (C=O) groups is 1. The third-order valence-corrected chi connectivity index (χ3v) is 3.16. The van der Waals surface area contributed by atoms with Gasteiger partial charge in [-0.1, -0.05) is 6.07 Å². The first-order chi connectivity index (χ1) is 9.61. The topological polar surface area (TPSA) is 46.4 Å². The Morgan fingerprint density at radius 2 is 1.90 bits per heavy atom. The second-order valence-electron chi connectivity index (χ2n) is 4.97. The van der Waals surface area contributed by atoms with Gasteiger partial charge in [0.2, 0.25) is 0 Å². The number of fused-ring (bicyclic) bond motifs is 1. The predicted molar refractivity (Wildman–Crippen MR) is 79.1 cm³/mol. The Morgan fingerprint density at radius 1 is 1.15 bits per heavy atom. The van der Waals surface area contributed by atoms with Crippen molar-refractivity contribution in [2.24, 2.45) is 0 Å². The second-order valence-corrected chi connectivity index (χ2v) is 4.97. The van der Waals surface area contributed by atoms with Crippen molar-refractivity contribution in [2.75, 3.05) is 5.32 Å². The molecule has 2 heterocycles.